The molecule has 2 aromatic heterocycles. The second-order valence-electron chi connectivity index (χ2n) is 8.65. The smallest absolute Gasteiger partial charge is 0.260 e. The number of nitrogens with one attached hydrogen (secondary N) is 1. The molecule has 0 spiro atoms. The zero-order valence-electron chi connectivity index (χ0n) is 16.9. The predicted octanol–water partition coefficient (Wildman–Crippen LogP) is 3.80. The molecule has 4 heterocycles. The van der Waals surface area contributed by atoms with Gasteiger partial charge in [-0.1, -0.05) is 6.08 Å². The Hall–Kier alpha value is -2.84. The van der Waals surface area contributed by atoms with Gasteiger partial charge in [0.15, 0.2) is 0 Å². The Balaban J connectivity index is 1.33. The molecule has 30 heavy (non-hydrogen) atoms. The lowest BCUT2D eigenvalue weighted by atomic mass is 9.98. The number of halogens is 2. The van der Waals surface area contributed by atoms with Crippen LogP contribution in [0.15, 0.2) is 30.7 Å². The van der Waals surface area contributed by atoms with E-state index >= 15 is 0 Å². The molecule has 0 aromatic carbocycles. The largest absolute Gasteiger partial charge is 0.332 e. The average molecular weight is 414 g/mol. The fraction of sp³-hybridized carbons (Fsp3) is 0.524. The van der Waals surface area contributed by atoms with Crippen LogP contribution in [0.1, 0.15) is 51.3 Å². The summed E-state index contributed by atoms with van der Waals surface area (Å²) in [6.07, 6.45) is 9.30. The summed E-state index contributed by atoms with van der Waals surface area (Å²) in [6, 6.07) is 1.95. The quantitative estimate of drug-likeness (QED) is 0.806. The van der Waals surface area contributed by atoms with Gasteiger partial charge in [-0.05, 0) is 44.7 Å². The Bertz CT molecular complexity index is 1020. The van der Waals surface area contributed by atoms with Crippen molar-refractivity contribution in [2.45, 2.75) is 63.6 Å². The van der Waals surface area contributed by atoms with E-state index in [0.717, 1.165) is 29.8 Å². The van der Waals surface area contributed by atoms with Crippen LogP contribution >= 0.6 is 0 Å². The number of carbonyl (C=O) groups excluding carboxylic acids is 1. The molecule has 1 N–H and O–H groups in total. The lowest BCUT2D eigenvalue weighted by Gasteiger charge is -2.34. The van der Waals surface area contributed by atoms with Crippen molar-refractivity contribution in [3.05, 3.63) is 36.4 Å². The van der Waals surface area contributed by atoms with Gasteiger partial charge in [-0.25, -0.2) is 18.7 Å². The molecule has 1 saturated heterocycles. The molecule has 2 aromatic rings. The summed E-state index contributed by atoms with van der Waals surface area (Å²) in [5, 5.41) is 7.48. The van der Waals surface area contributed by atoms with Crippen molar-refractivity contribution in [2.75, 3.05) is 5.32 Å². The highest BCUT2D eigenvalue weighted by Crippen LogP contribution is 2.51. The number of amides is 1. The number of hydrogen-bond donors (Lipinski definition) is 1. The molecule has 2 bridgehead atoms. The van der Waals surface area contributed by atoms with Gasteiger partial charge in [-0.2, -0.15) is 5.10 Å². The van der Waals surface area contributed by atoms with Gasteiger partial charge in [-0.3, -0.25) is 9.48 Å². The van der Waals surface area contributed by atoms with Crippen LogP contribution in [0.3, 0.4) is 0 Å². The molecule has 2 fully saturated rings. The first kappa shape index (κ1) is 19.1. The van der Waals surface area contributed by atoms with Crippen LogP contribution in [0.2, 0.25) is 0 Å². The van der Waals surface area contributed by atoms with E-state index in [1.807, 2.05) is 23.0 Å². The molecule has 158 valence electrons. The highest BCUT2D eigenvalue weighted by atomic mass is 19.3. The van der Waals surface area contributed by atoms with E-state index < -0.39 is 17.7 Å². The Kier molecular flexibility index (Phi) is 4.37. The topological polar surface area (TPSA) is 75.9 Å². The predicted molar refractivity (Wildman–Crippen MR) is 107 cm³/mol. The van der Waals surface area contributed by atoms with Crippen molar-refractivity contribution in [3.8, 4) is 0 Å². The molecule has 1 amide bonds. The van der Waals surface area contributed by atoms with E-state index in [0.29, 0.717) is 12.4 Å². The molecule has 1 aliphatic carbocycles. The maximum Gasteiger partial charge on any atom is 0.260 e. The summed E-state index contributed by atoms with van der Waals surface area (Å²) in [5.74, 6) is -3.87. The van der Waals surface area contributed by atoms with Crippen molar-refractivity contribution < 1.29 is 13.6 Å². The van der Waals surface area contributed by atoms with E-state index in [1.165, 1.54) is 0 Å². The van der Waals surface area contributed by atoms with Gasteiger partial charge >= 0.3 is 0 Å². The second kappa shape index (κ2) is 6.85. The van der Waals surface area contributed by atoms with Crippen LogP contribution in [0.25, 0.3) is 5.57 Å². The van der Waals surface area contributed by atoms with E-state index in [1.54, 1.807) is 17.3 Å². The maximum absolute atomic E-state index is 13.4. The van der Waals surface area contributed by atoms with Crippen molar-refractivity contribution in [3.63, 3.8) is 0 Å². The third-order valence-corrected chi connectivity index (χ3v) is 6.15. The molecule has 9 heteroatoms. The normalized spacial score (nSPS) is 26.6. The number of aromatic nitrogens is 4. The fourth-order valence-corrected chi connectivity index (χ4v) is 4.44. The van der Waals surface area contributed by atoms with Crippen molar-refractivity contribution in [1.82, 2.24) is 24.6 Å². The molecule has 3 unspecified atom stereocenters. The molecular weight excluding hydrogens is 390 g/mol. The van der Waals surface area contributed by atoms with Crippen LogP contribution < -0.4 is 5.32 Å². The minimum atomic E-state index is -2.82. The summed E-state index contributed by atoms with van der Waals surface area (Å²) in [5.41, 5.74) is 2.64. The number of hydrogen-bond acceptors (Lipinski definition) is 5. The number of anilines is 2. The maximum atomic E-state index is 13.4. The number of fused-ring (bicyclic) bond motifs is 2. The lowest BCUT2D eigenvalue weighted by molar-refractivity contribution is -0.137. The Morgan fingerprint density at radius 1 is 1.33 bits per heavy atom. The third kappa shape index (κ3) is 3.36. The average Bonchev–Trinajstić information content (AvgIpc) is 3.00. The van der Waals surface area contributed by atoms with Crippen LogP contribution in [-0.4, -0.2) is 48.6 Å². The number of carbonyl (C=O) groups is 1. The summed E-state index contributed by atoms with van der Waals surface area (Å²) < 4.78 is 28.6. The molecule has 0 radical (unpaired) electrons. The SMILES string of the molecule is CC(C)n1cc(Nc2nccc(C3=CC4CCC(C3)N4C(=O)C3CC3(F)F)n2)cn1. The van der Waals surface area contributed by atoms with Gasteiger partial charge in [0, 0.05) is 30.9 Å². The van der Waals surface area contributed by atoms with E-state index in [2.05, 4.69) is 34.2 Å². The summed E-state index contributed by atoms with van der Waals surface area (Å²) in [7, 11) is 0. The van der Waals surface area contributed by atoms with Crippen molar-refractivity contribution in [2.24, 2.45) is 5.92 Å². The molecule has 3 aliphatic rings. The third-order valence-electron chi connectivity index (χ3n) is 6.15. The first-order chi connectivity index (χ1) is 14.3. The zero-order valence-corrected chi connectivity index (χ0v) is 16.9. The summed E-state index contributed by atoms with van der Waals surface area (Å²) in [4.78, 5) is 23.2. The Labute approximate surface area is 173 Å². The molecule has 5 rings (SSSR count). The van der Waals surface area contributed by atoms with Gasteiger partial charge in [0.05, 0.1) is 23.6 Å². The highest BCUT2D eigenvalue weighted by Gasteiger charge is 2.63. The van der Waals surface area contributed by atoms with Crippen LogP contribution in [0.4, 0.5) is 20.4 Å². The summed E-state index contributed by atoms with van der Waals surface area (Å²) >= 11 is 0. The minimum absolute atomic E-state index is 0.0328. The van der Waals surface area contributed by atoms with Crippen LogP contribution in [-0.2, 0) is 4.79 Å². The first-order valence-electron chi connectivity index (χ1n) is 10.4. The van der Waals surface area contributed by atoms with Gasteiger partial charge in [0.1, 0.15) is 5.92 Å². The van der Waals surface area contributed by atoms with Gasteiger partial charge < -0.3 is 10.2 Å². The molecular formula is C21H24F2N6O. The molecule has 3 atom stereocenters. The van der Waals surface area contributed by atoms with Crippen molar-refractivity contribution >= 4 is 23.1 Å². The summed E-state index contributed by atoms with van der Waals surface area (Å²) in [6.45, 7) is 4.10. The van der Waals surface area contributed by atoms with Crippen LogP contribution in [0, 0.1) is 5.92 Å². The van der Waals surface area contributed by atoms with Crippen molar-refractivity contribution in [1.29, 1.82) is 0 Å². The number of alkyl halides is 2. The number of nitrogens with zero attached hydrogens (tertiary/aromatic N) is 5. The van der Waals surface area contributed by atoms with E-state index in [9.17, 15) is 13.6 Å². The monoisotopic (exact) mass is 414 g/mol. The molecule has 2 aliphatic heterocycles. The number of rotatable bonds is 5. The fourth-order valence-electron chi connectivity index (χ4n) is 4.44. The minimum Gasteiger partial charge on any atom is -0.332 e. The highest BCUT2D eigenvalue weighted by molar-refractivity contribution is 5.85. The van der Waals surface area contributed by atoms with E-state index in [4.69, 9.17) is 0 Å². The van der Waals surface area contributed by atoms with Crippen LogP contribution in [0.5, 0.6) is 0 Å². The lowest BCUT2D eigenvalue weighted by Crippen LogP contribution is -2.44. The zero-order chi connectivity index (χ0) is 21.0. The second-order valence-corrected chi connectivity index (χ2v) is 8.65. The van der Waals surface area contributed by atoms with Gasteiger partial charge in [0.2, 0.25) is 11.9 Å². The van der Waals surface area contributed by atoms with Gasteiger partial charge in [-0.15, -0.1) is 0 Å². The Morgan fingerprint density at radius 3 is 2.80 bits per heavy atom. The standard InChI is InChI=1S/C21H24F2N6O/c1-12(2)28-11-14(10-25-28)26-20-24-6-5-18(27-20)13-7-15-3-4-16(8-13)29(15)19(30)17-9-21(17,22)23/h5-7,10-12,15-17H,3-4,8-9H2,1-2H3,(H,24,26,27). The molecule has 7 nitrogen and oxygen atoms in total. The molecule has 1 saturated carbocycles. The Morgan fingerprint density at radius 2 is 2.13 bits per heavy atom. The first-order valence-corrected chi connectivity index (χ1v) is 10.4. The van der Waals surface area contributed by atoms with E-state index in [-0.39, 0.29) is 24.5 Å². The van der Waals surface area contributed by atoms with Gasteiger partial charge in [0.25, 0.3) is 5.92 Å².